The van der Waals surface area contributed by atoms with Gasteiger partial charge in [0.25, 0.3) is 0 Å². The van der Waals surface area contributed by atoms with Gasteiger partial charge in [-0.2, -0.15) is 0 Å². The van der Waals surface area contributed by atoms with Gasteiger partial charge in [-0.25, -0.2) is 4.90 Å². The molecule has 41 heavy (non-hydrogen) atoms. The number of amides is 4. The van der Waals surface area contributed by atoms with Crippen LogP contribution >= 0.6 is 0 Å². The van der Waals surface area contributed by atoms with E-state index in [1.807, 2.05) is 58.0 Å². The Morgan fingerprint density at radius 3 is 2.34 bits per heavy atom. The van der Waals surface area contributed by atoms with Gasteiger partial charge in [-0.15, -0.1) is 6.58 Å². The molecule has 212 valence electrons. The molecule has 0 aromatic heterocycles. The first-order valence-corrected chi connectivity index (χ1v) is 14.4. The number of phenolic OH excluding ortho intramolecular Hbond substituents is 1. The van der Waals surface area contributed by atoms with E-state index in [2.05, 4.69) is 6.58 Å². The number of carbonyl (C=O) groups excluding carboxylic acids is 4. The number of rotatable bonds is 4. The maximum absolute atomic E-state index is 14.4. The Labute approximate surface area is 240 Å². The molecule has 2 aliphatic heterocycles. The monoisotopic (exact) mass is 552 g/mol. The number of carbonyl (C=O) groups is 4. The summed E-state index contributed by atoms with van der Waals surface area (Å²) >= 11 is 0. The molecule has 0 spiro atoms. The minimum atomic E-state index is -1.19. The summed E-state index contributed by atoms with van der Waals surface area (Å²) in [7, 11) is 0. The lowest BCUT2D eigenvalue weighted by Gasteiger charge is -2.49. The van der Waals surface area contributed by atoms with Crippen molar-refractivity contribution in [3.63, 3.8) is 0 Å². The summed E-state index contributed by atoms with van der Waals surface area (Å²) in [5.41, 5.74) is 0.742. The number of allylic oxidation sites excluding steroid dienone is 3. The Morgan fingerprint density at radius 2 is 1.68 bits per heavy atom. The van der Waals surface area contributed by atoms with E-state index in [4.69, 9.17) is 0 Å². The summed E-state index contributed by atoms with van der Waals surface area (Å²) < 4.78 is 0. The summed E-state index contributed by atoms with van der Waals surface area (Å²) in [5, 5.41) is 11.5. The van der Waals surface area contributed by atoms with E-state index >= 15 is 0 Å². The maximum Gasteiger partial charge on any atom is 0.241 e. The zero-order valence-electron chi connectivity index (χ0n) is 24.0. The molecule has 6 unspecified atom stereocenters. The van der Waals surface area contributed by atoms with Gasteiger partial charge >= 0.3 is 0 Å². The molecule has 2 saturated heterocycles. The zero-order valence-corrected chi connectivity index (χ0v) is 24.0. The Balaban J connectivity index is 1.55. The van der Waals surface area contributed by atoms with E-state index in [1.165, 1.54) is 9.80 Å². The van der Waals surface area contributed by atoms with Crippen LogP contribution in [-0.2, 0) is 25.6 Å². The minimum Gasteiger partial charge on any atom is -0.507 e. The minimum absolute atomic E-state index is 0.0737. The molecule has 0 bridgehead atoms. The Bertz CT molecular complexity index is 1520. The first kappa shape index (κ1) is 27.2. The molecule has 1 N–H and O–H groups in total. The number of anilines is 1. The molecule has 2 aromatic rings. The number of benzene rings is 2. The molecule has 4 aliphatic rings. The molecule has 1 saturated carbocycles. The van der Waals surface area contributed by atoms with Crippen LogP contribution in [0.5, 0.6) is 5.75 Å². The quantitative estimate of drug-likeness (QED) is 0.418. The zero-order chi connectivity index (χ0) is 29.4. The molecule has 3 fully saturated rings. The van der Waals surface area contributed by atoms with Crippen molar-refractivity contribution in [2.75, 3.05) is 4.90 Å². The average Bonchev–Trinajstić information content (AvgIpc) is 3.30. The van der Waals surface area contributed by atoms with Crippen molar-refractivity contribution in [3.8, 4) is 5.75 Å². The van der Waals surface area contributed by atoms with Crippen LogP contribution in [0.3, 0.4) is 0 Å². The number of phenols is 1. The second kappa shape index (κ2) is 9.26. The highest BCUT2D eigenvalue weighted by Gasteiger charge is 2.68. The van der Waals surface area contributed by atoms with E-state index in [0.29, 0.717) is 29.7 Å². The molecule has 6 rings (SSSR count). The van der Waals surface area contributed by atoms with Crippen molar-refractivity contribution in [2.24, 2.45) is 29.1 Å². The van der Waals surface area contributed by atoms with Crippen molar-refractivity contribution in [1.29, 1.82) is 0 Å². The normalized spacial score (nSPS) is 31.1. The lowest BCUT2D eigenvalue weighted by atomic mass is 9.51. The first-order chi connectivity index (χ1) is 19.4. The Hall–Kier alpha value is -4.00. The smallest absolute Gasteiger partial charge is 0.241 e. The molecular weight excluding hydrogens is 516 g/mol. The fourth-order valence-corrected chi connectivity index (χ4v) is 8.01. The summed E-state index contributed by atoms with van der Waals surface area (Å²) in [6.07, 6.45) is 4.83. The largest absolute Gasteiger partial charge is 0.507 e. The third kappa shape index (κ3) is 3.70. The van der Waals surface area contributed by atoms with Crippen molar-refractivity contribution in [1.82, 2.24) is 4.90 Å². The number of para-hydroxylation sites is 2. The number of imide groups is 2. The van der Waals surface area contributed by atoms with Crippen LogP contribution in [-0.4, -0.2) is 39.2 Å². The predicted molar refractivity (Wildman–Crippen MR) is 155 cm³/mol. The number of nitrogens with zero attached hydrogens (tertiary/aromatic N) is 2. The van der Waals surface area contributed by atoms with Crippen LogP contribution in [0.4, 0.5) is 5.69 Å². The van der Waals surface area contributed by atoms with Crippen LogP contribution in [0.25, 0.3) is 0 Å². The number of hydrogen-bond donors (Lipinski definition) is 1. The second-order valence-corrected chi connectivity index (χ2v) is 13.0. The fraction of sp³-hybridized carbons (Fsp3) is 0.412. The highest BCUT2D eigenvalue weighted by Crippen LogP contribution is 2.64. The number of likely N-dealkylation sites (tertiary alicyclic amines) is 1. The molecule has 7 nitrogen and oxygen atoms in total. The van der Waals surface area contributed by atoms with Gasteiger partial charge in [0.05, 0.1) is 28.9 Å². The summed E-state index contributed by atoms with van der Waals surface area (Å²) in [6.45, 7) is 11.2. The van der Waals surface area contributed by atoms with E-state index in [-0.39, 0.29) is 35.8 Å². The molecule has 0 radical (unpaired) electrons. The third-order valence-corrected chi connectivity index (χ3v) is 9.79. The van der Waals surface area contributed by atoms with Gasteiger partial charge in [0.15, 0.2) is 0 Å². The summed E-state index contributed by atoms with van der Waals surface area (Å²) in [5.74, 6) is -3.83. The van der Waals surface area contributed by atoms with E-state index in [9.17, 15) is 24.3 Å². The Kier molecular flexibility index (Phi) is 6.14. The third-order valence-electron chi connectivity index (χ3n) is 9.79. The second-order valence-electron chi connectivity index (χ2n) is 13.0. The van der Waals surface area contributed by atoms with Crippen LogP contribution in [0.2, 0.25) is 0 Å². The first-order valence-electron chi connectivity index (χ1n) is 14.4. The SMILES string of the molecule is C=CCc1cccc(C2C3=CCC4C(=O)N(C(C)(C)C)C(=O)C4C3CC3C(=O)N(c4ccccc4)C(=O)C32C)c1O. The summed E-state index contributed by atoms with van der Waals surface area (Å²) in [6, 6.07) is 14.4. The summed E-state index contributed by atoms with van der Waals surface area (Å²) in [4.78, 5) is 58.8. The lowest BCUT2D eigenvalue weighted by Crippen LogP contribution is -2.49. The molecule has 7 heteroatoms. The number of fused-ring (bicyclic) bond motifs is 4. The van der Waals surface area contributed by atoms with Crippen molar-refractivity contribution in [2.45, 2.75) is 58.4 Å². The molecular formula is C34H36N2O5. The maximum atomic E-state index is 14.4. The van der Waals surface area contributed by atoms with Gasteiger partial charge in [-0.1, -0.05) is 54.1 Å². The molecule has 6 atom stereocenters. The van der Waals surface area contributed by atoms with Crippen LogP contribution in [0.1, 0.15) is 57.6 Å². The molecule has 4 amide bonds. The standard InChI is InChI=1S/C34H36N2O5/c1-6-11-19-12-10-15-23(28(19)37)27-21-16-17-22-26(31(40)36(29(22)38)33(2,3)4)24(21)18-25-30(39)35(32(41)34(25,27)5)20-13-8-7-9-14-20/h6-10,12-16,22,24-27,37H,1,11,17-18H2,2-5H3. The topological polar surface area (TPSA) is 95.0 Å². The van der Waals surface area contributed by atoms with Gasteiger partial charge in [-0.3, -0.25) is 24.1 Å². The highest BCUT2D eigenvalue weighted by atomic mass is 16.3. The van der Waals surface area contributed by atoms with Crippen LogP contribution in [0, 0.1) is 29.1 Å². The van der Waals surface area contributed by atoms with Crippen molar-refractivity contribution >= 4 is 29.3 Å². The van der Waals surface area contributed by atoms with Crippen LogP contribution in [0.15, 0.2) is 72.8 Å². The number of hydrogen-bond acceptors (Lipinski definition) is 5. The van der Waals surface area contributed by atoms with Gasteiger partial charge in [0.2, 0.25) is 23.6 Å². The average molecular weight is 553 g/mol. The molecule has 2 heterocycles. The van der Waals surface area contributed by atoms with E-state index in [0.717, 1.165) is 5.57 Å². The lowest BCUT2D eigenvalue weighted by molar-refractivity contribution is -0.145. The highest BCUT2D eigenvalue weighted by molar-refractivity contribution is 6.24. The van der Waals surface area contributed by atoms with E-state index < -0.39 is 40.5 Å². The van der Waals surface area contributed by atoms with Gasteiger partial charge < -0.3 is 5.11 Å². The van der Waals surface area contributed by atoms with E-state index in [1.54, 1.807) is 30.3 Å². The van der Waals surface area contributed by atoms with Crippen LogP contribution < -0.4 is 4.90 Å². The predicted octanol–water partition coefficient (Wildman–Crippen LogP) is 5.15. The molecule has 2 aromatic carbocycles. The van der Waals surface area contributed by atoms with Crippen molar-refractivity contribution in [3.05, 3.63) is 84.0 Å². The van der Waals surface area contributed by atoms with Gasteiger partial charge in [-0.05, 0) is 70.6 Å². The Morgan fingerprint density at radius 1 is 0.976 bits per heavy atom. The van der Waals surface area contributed by atoms with Gasteiger partial charge in [0.1, 0.15) is 5.75 Å². The van der Waals surface area contributed by atoms with Crippen molar-refractivity contribution < 1.29 is 24.3 Å². The molecule has 2 aliphatic carbocycles. The van der Waals surface area contributed by atoms with Gasteiger partial charge in [0, 0.05) is 17.0 Å². The number of aromatic hydroxyl groups is 1. The fourth-order valence-electron chi connectivity index (χ4n) is 8.01.